The molecule has 0 amide bonds. The van der Waals surface area contributed by atoms with E-state index in [1.807, 2.05) is 19.0 Å². The SMILES string of the molecule is CCCCCCCCCCCCCCCCOCC(COP(=O)(O)CCN(C)C)OC(=O)CC. The largest absolute Gasteiger partial charge is 0.457 e. The van der Waals surface area contributed by atoms with E-state index in [4.69, 9.17) is 14.0 Å². The number of carbonyl (C=O) groups excluding carboxylic acids is 1. The van der Waals surface area contributed by atoms with Crippen LogP contribution in [-0.2, 0) is 23.4 Å². The van der Waals surface area contributed by atoms with Gasteiger partial charge < -0.3 is 23.8 Å². The standard InChI is InChI=1S/C26H54NO6P/c1-5-7-8-9-10-11-12-13-14-15-16-17-18-19-21-31-23-25(33-26(28)6-2)24-32-34(29,30)22-20-27(3)4/h25H,5-24H2,1-4H3,(H,29,30). The van der Waals surface area contributed by atoms with E-state index in [-0.39, 0.29) is 31.8 Å². The van der Waals surface area contributed by atoms with Gasteiger partial charge in [-0.2, -0.15) is 0 Å². The van der Waals surface area contributed by atoms with Crippen LogP contribution in [0.2, 0.25) is 0 Å². The molecule has 7 nitrogen and oxygen atoms in total. The number of ether oxygens (including phenoxy) is 2. The van der Waals surface area contributed by atoms with Crippen LogP contribution in [0, 0.1) is 0 Å². The van der Waals surface area contributed by atoms with Crippen molar-refractivity contribution in [2.75, 3.05) is 46.6 Å². The first-order valence-electron chi connectivity index (χ1n) is 13.7. The van der Waals surface area contributed by atoms with E-state index in [1.54, 1.807) is 6.92 Å². The molecule has 0 fully saturated rings. The molecule has 0 heterocycles. The van der Waals surface area contributed by atoms with E-state index in [9.17, 15) is 14.3 Å². The van der Waals surface area contributed by atoms with Gasteiger partial charge in [0.2, 0.25) is 0 Å². The molecule has 8 heteroatoms. The molecule has 0 aliphatic carbocycles. The fourth-order valence-corrected chi connectivity index (χ4v) is 4.77. The topological polar surface area (TPSA) is 85.3 Å². The molecule has 0 saturated heterocycles. The van der Waals surface area contributed by atoms with Crippen LogP contribution in [0.5, 0.6) is 0 Å². The van der Waals surface area contributed by atoms with Gasteiger partial charge in [0.05, 0.1) is 19.4 Å². The lowest BCUT2D eigenvalue weighted by Crippen LogP contribution is -2.28. The second-order valence-electron chi connectivity index (χ2n) is 9.60. The summed E-state index contributed by atoms with van der Waals surface area (Å²) in [5.74, 6) is -0.366. The second-order valence-corrected chi connectivity index (χ2v) is 11.6. The third-order valence-electron chi connectivity index (χ3n) is 5.82. The number of unbranched alkanes of at least 4 members (excludes halogenated alkanes) is 13. The van der Waals surface area contributed by atoms with Crippen LogP contribution in [-0.4, -0.2) is 68.5 Å². The molecule has 0 saturated carbocycles. The lowest BCUT2D eigenvalue weighted by atomic mass is 10.0. The van der Waals surface area contributed by atoms with Gasteiger partial charge in [-0.25, -0.2) is 0 Å². The van der Waals surface area contributed by atoms with Crippen molar-refractivity contribution in [1.82, 2.24) is 4.90 Å². The van der Waals surface area contributed by atoms with Crippen LogP contribution >= 0.6 is 7.60 Å². The van der Waals surface area contributed by atoms with Crippen LogP contribution in [0.25, 0.3) is 0 Å². The summed E-state index contributed by atoms with van der Waals surface area (Å²) >= 11 is 0. The quantitative estimate of drug-likeness (QED) is 0.0849. The van der Waals surface area contributed by atoms with Crippen molar-refractivity contribution < 1.29 is 28.3 Å². The Balaban J connectivity index is 3.79. The molecule has 0 spiro atoms. The zero-order chi connectivity index (χ0) is 25.5. The number of carbonyl (C=O) groups is 1. The highest BCUT2D eigenvalue weighted by Gasteiger charge is 2.23. The molecular weight excluding hydrogens is 453 g/mol. The summed E-state index contributed by atoms with van der Waals surface area (Å²) in [6.45, 7) is 5.06. The minimum absolute atomic E-state index is 0.0361. The summed E-state index contributed by atoms with van der Waals surface area (Å²) in [5.41, 5.74) is 0. The van der Waals surface area contributed by atoms with Gasteiger partial charge in [0.15, 0.2) is 0 Å². The van der Waals surface area contributed by atoms with Gasteiger partial charge in [-0.05, 0) is 20.5 Å². The lowest BCUT2D eigenvalue weighted by molar-refractivity contribution is -0.153. The van der Waals surface area contributed by atoms with E-state index in [0.29, 0.717) is 13.2 Å². The van der Waals surface area contributed by atoms with Crippen LogP contribution < -0.4 is 0 Å². The Morgan fingerprint density at radius 1 is 0.824 bits per heavy atom. The van der Waals surface area contributed by atoms with Crippen molar-refractivity contribution in [2.24, 2.45) is 0 Å². The molecule has 34 heavy (non-hydrogen) atoms. The summed E-state index contributed by atoms with van der Waals surface area (Å²) in [6.07, 6.45) is 17.9. The number of esters is 1. The van der Waals surface area contributed by atoms with Crippen molar-refractivity contribution in [1.29, 1.82) is 0 Å². The summed E-state index contributed by atoms with van der Waals surface area (Å²) in [5, 5.41) is 0. The summed E-state index contributed by atoms with van der Waals surface area (Å²) in [7, 11) is -0.0562. The van der Waals surface area contributed by atoms with Gasteiger partial charge in [0, 0.05) is 19.6 Å². The first-order chi connectivity index (χ1) is 16.3. The van der Waals surface area contributed by atoms with E-state index >= 15 is 0 Å². The van der Waals surface area contributed by atoms with Crippen molar-refractivity contribution in [2.45, 2.75) is 116 Å². The molecule has 0 bridgehead atoms. The Hall–Kier alpha value is -0.460. The third kappa shape index (κ3) is 23.3. The highest BCUT2D eigenvalue weighted by Crippen LogP contribution is 2.41. The predicted octanol–water partition coefficient (Wildman–Crippen LogP) is 6.57. The Labute approximate surface area is 209 Å². The smallest absolute Gasteiger partial charge is 0.329 e. The van der Waals surface area contributed by atoms with E-state index in [1.165, 1.54) is 77.0 Å². The van der Waals surface area contributed by atoms with Crippen molar-refractivity contribution in [3.05, 3.63) is 0 Å². The molecule has 0 aliphatic rings. The monoisotopic (exact) mass is 507 g/mol. The highest BCUT2D eigenvalue weighted by molar-refractivity contribution is 7.52. The molecule has 204 valence electrons. The molecule has 1 N–H and O–H groups in total. The summed E-state index contributed by atoms with van der Waals surface area (Å²) in [6, 6.07) is 0. The second kappa shape index (κ2) is 23.0. The Morgan fingerprint density at radius 2 is 1.32 bits per heavy atom. The van der Waals surface area contributed by atoms with Gasteiger partial charge in [0.25, 0.3) is 0 Å². The van der Waals surface area contributed by atoms with Crippen LogP contribution in [0.3, 0.4) is 0 Å². The molecule has 0 aliphatic heterocycles. The average molecular weight is 508 g/mol. The van der Waals surface area contributed by atoms with Crippen LogP contribution in [0.4, 0.5) is 0 Å². The Kier molecular flexibility index (Phi) is 22.7. The number of hydrogen-bond acceptors (Lipinski definition) is 6. The van der Waals surface area contributed by atoms with Crippen LogP contribution in [0.1, 0.15) is 110 Å². The average Bonchev–Trinajstić information content (AvgIpc) is 2.80. The minimum Gasteiger partial charge on any atom is -0.457 e. The van der Waals surface area contributed by atoms with Crippen LogP contribution in [0.15, 0.2) is 0 Å². The number of rotatable bonds is 25. The summed E-state index contributed by atoms with van der Waals surface area (Å²) in [4.78, 5) is 23.4. The van der Waals surface area contributed by atoms with Crippen molar-refractivity contribution in [3.8, 4) is 0 Å². The molecule has 0 aromatic heterocycles. The van der Waals surface area contributed by atoms with E-state index in [0.717, 1.165) is 12.8 Å². The molecule has 2 unspecified atom stereocenters. The van der Waals surface area contributed by atoms with E-state index in [2.05, 4.69) is 6.92 Å². The zero-order valence-electron chi connectivity index (χ0n) is 22.6. The molecule has 0 aromatic rings. The van der Waals surface area contributed by atoms with Crippen molar-refractivity contribution >= 4 is 13.6 Å². The third-order valence-corrected chi connectivity index (χ3v) is 7.14. The minimum atomic E-state index is -3.72. The molecular formula is C26H54NO6P. The molecule has 0 rings (SSSR count). The zero-order valence-corrected chi connectivity index (χ0v) is 23.5. The van der Waals surface area contributed by atoms with Gasteiger partial charge in [-0.1, -0.05) is 97.3 Å². The van der Waals surface area contributed by atoms with Gasteiger partial charge in [-0.3, -0.25) is 9.36 Å². The Bertz CT molecular complexity index is 518. The normalized spacial score (nSPS) is 14.3. The molecule has 0 aromatic carbocycles. The Morgan fingerprint density at radius 3 is 1.79 bits per heavy atom. The highest BCUT2D eigenvalue weighted by atomic mass is 31.2. The number of nitrogens with zero attached hydrogens (tertiary/aromatic N) is 1. The predicted molar refractivity (Wildman–Crippen MR) is 141 cm³/mol. The summed E-state index contributed by atoms with van der Waals surface area (Å²) < 4.78 is 28.3. The molecule has 2 atom stereocenters. The van der Waals surface area contributed by atoms with Gasteiger partial charge in [-0.15, -0.1) is 0 Å². The van der Waals surface area contributed by atoms with Crippen molar-refractivity contribution in [3.63, 3.8) is 0 Å². The molecule has 0 radical (unpaired) electrons. The first kappa shape index (κ1) is 33.5. The first-order valence-corrected chi connectivity index (χ1v) is 15.4. The van der Waals surface area contributed by atoms with Gasteiger partial charge in [0.1, 0.15) is 6.10 Å². The number of hydrogen-bond donors (Lipinski definition) is 1. The lowest BCUT2D eigenvalue weighted by Gasteiger charge is -2.20. The maximum atomic E-state index is 12.1. The van der Waals surface area contributed by atoms with Gasteiger partial charge >= 0.3 is 13.6 Å². The fourth-order valence-electron chi connectivity index (χ4n) is 3.59. The van der Waals surface area contributed by atoms with E-state index < -0.39 is 13.7 Å². The maximum Gasteiger partial charge on any atom is 0.329 e. The fraction of sp³-hybridized carbons (Fsp3) is 0.962. The maximum absolute atomic E-state index is 12.1.